The molecule has 0 unspecified atom stereocenters. The maximum Gasteiger partial charge on any atom is 0.255 e. The number of likely N-dealkylation sites (tertiary alicyclic amines) is 1. The zero-order chi connectivity index (χ0) is 21.2. The van der Waals surface area contributed by atoms with Gasteiger partial charge < -0.3 is 26.0 Å². The van der Waals surface area contributed by atoms with E-state index in [2.05, 4.69) is 32.8 Å². The van der Waals surface area contributed by atoms with Gasteiger partial charge in [0.25, 0.3) is 5.91 Å². The number of carbonyl (C=O) groups is 1. The van der Waals surface area contributed by atoms with Crippen LogP contribution in [0.2, 0.25) is 0 Å². The summed E-state index contributed by atoms with van der Waals surface area (Å²) in [6.45, 7) is 6.09. The van der Waals surface area contributed by atoms with Gasteiger partial charge >= 0.3 is 0 Å². The van der Waals surface area contributed by atoms with Crippen LogP contribution in [0.3, 0.4) is 0 Å². The van der Waals surface area contributed by atoms with Gasteiger partial charge in [-0.25, -0.2) is 0 Å². The van der Waals surface area contributed by atoms with Crippen molar-refractivity contribution >= 4 is 35.8 Å². The van der Waals surface area contributed by atoms with E-state index in [1.54, 1.807) is 18.2 Å². The molecule has 2 fully saturated rings. The number of halogens is 1. The number of nitrogens with zero attached hydrogens (tertiary/aromatic N) is 2. The molecule has 0 radical (unpaired) electrons. The molecule has 174 valence electrons. The Balaban J connectivity index is 0.00000341. The quantitative estimate of drug-likeness (QED) is 0.184. The van der Waals surface area contributed by atoms with E-state index in [9.17, 15) is 9.90 Å². The summed E-state index contributed by atoms with van der Waals surface area (Å²) in [5.74, 6) is 0.523. The van der Waals surface area contributed by atoms with Gasteiger partial charge in [0.15, 0.2) is 5.96 Å². The normalized spacial score (nSPS) is 18.8. The second kappa shape index (κ2) is 13.8. The van der Waals surface area contributed by atoms with Crippen molar-refractivity contribution in [1.29, 1.82) is 0 Å². The molecule has 1 heterocycles. The van der Waals surface area contributed by atoms with Crippen LogP contribution >= 0.6 is 24.0 Å². The van der Waals surface area contributed by atoms with Crippen molar-refractivity contribution < 1.29 is 9.90 Å². The first-order chi connectivity index (χ1) is 14.7. The molecule has 7 nitrogen and oxygen atoms in total. The predicted molar refractivity (Wildman–Crippen MR) is 136 cm³/mol. The highest BCUT2D eigenvalue weighted by molar-refractivity contribution is 14.0. The van der Waals surface area contributed by atoms with Gasteiger partial charge in [0.2, 0.25) is 0 Å². The van der Waals surface area contributed by atoms with Crippen LogP contribution in [0, 0.1) is 0 Å². The molecule has 1 aromatic carbocycles. The molecule has 31 heavy (non-hydrogen) atoms. The van der Waals surface area contributed by atoms with Gasteiger partial charge in [-0.1, -0.05) is 31.4 Å². The average Bonchev–Trinajstić information content (AvgIpc) is 2.78. The third-order valence-corrected chi connectivity index (χ3v) is 6.12. The second-order valence-electron chi connectivity index (χ2n) is 8.28. The van der Waals surface area contributed by atoms with Crippen molar-refractivity contribution in [3.05, 3.63) is 29.8 Å². The number of phenolic OH excluding ortho intramolecular Hbond substituents is 1. The molecule has 0 atom stereocenters. The molecule has 1 aliphatic heterocycles. The van der Waals surface area contributed by atoms with Crippen molar-refractivity contribution in [2.45, 2.75) is 64.0 Å². The average molecular weight is 543 g/mol. The maximum atomic E-state index is 12.2. The molecule has 1 aromatic rings. The van der Waals surface area contributed by atoms with Gasteiger partial charge in [-0.3, -0.25) is 9.79 Å². The number of aliphatic imine (C=N–C) groups is 1. The molecule has 4 N–H and O–H groups in total. The number of guanidine groups is 1. The fourth-order valence-electron chi connectivity index (χ4n) is 4.47. The fraction of sp³-hybridized carbons (Fsp3) is 0.652. The van der Waals surface area contributed by atoms with Gasteiger partial charge in [-0.15, -0.1) is 24.0 Å². The molecule has 1 amide bonds. The van der Waals surface area contributed by atoms with Crippen LogP contribution in [0.25, 0.3) is 0 Å². The van der Waals surface area contributed by atoms with E-state index in [0.717, 1.165) is 31.4 Å². The number of hydrogen-bond donors (Lipinski definition) is 4. The van der Waals surface area contributed by atoms with Crippen molar-refractivity contribution in [2.75, 3.05) is 32.7 Å². The number of amides is 1. The minimum atomic E-state index is -0.281. The van der Waals surface area contributed by atoms with Crippen molar-refractivity contribution in [3.63, 3.8) is 0 Å². The number of phenols is 1. The fourth-order valence-corrected chi connectivity index (χ4v) is 4.47. The van der Waals surface area contributed by atoms with Gasteiger partial charge in [0.05, 0.1) is 12.1 Å². The maximum absolute atomic E-state index is 12.2. The minimum Gasteiger partial charge on any atom is -0.507 e. The zero-order valence-electron chi connectivity index (χ0n) is 18.6. The lowest BCUT2D eigenvalue weighted by molar-refractivity contribution is 0.0952. The third kappa shape index (κ3) is 8.14. The zero-order valence-corrected chi connectivity index (χ0v) is 20.9. The van der Waals surface area contributed by atoms with Crippen molar-refractivity contribution in [3.8, 4) is 5.75 Å². The summed E-state index contributed by atoms with van der Waals surface area (Å²) in [7, 11) is 0. The van der Waals surface area contributed by atoms with E-state index in [1.807, 2.05) is 0 Å². The molecule has 1 saturated carbocycles. The Morgan fingerprint density at radius 2 is 1.81 bits per heavy atom. The van der Waals surface area contributed by atoms with Gasteiger partial charge in [-0.2, -0.15) is 0 Å². The first-order valence-corrected chi connectivity index (χ1v) is 11.5. The highest BCUT2D eigenvalue weighted by Crippen LogP contribution is 2.25. The van der Waals surface area contributed by atoms with Crippen LogP contribution in [-0.2, 0) is 0 Å². The van der Waals surface area contributed by atoms with Crippen LogP contribution in [0.15, 0.2) is 29.3 Å². The second-order valence-corrected chi connectivity index (χ2v) is 8.28. The van der Waals surface area contributed by atoms with Gasteiger partial charge in [0, 0.05) is 38.3 Å². The van der Waals surface area contributed by atoms with Gasteiger partial charge in [-0.05, 0) is 44.7 Å². The summed E-state index contributed by atoms with van der Waals surface area (Å²) in [6.07, 6.45) is 9.21. The molecule has 2 aliphatic rings. The molecule has 1 saturated heterocycles. The highest BCUT2D eigenvalue weighted by Gasteiger charge is 2.26. The van der Waals surface area contributed by atoms with Crippen molar-refractivity contribution in [1.82, 2.24) is 20.9 Å². The van der Waals surface area contributed by atoms with E-state index < -0.39 is 0 Å². The lowest BCUT2D eigenvalue weighted by Crippen LogP contribution is -2.51. The SMILES string of the molecule is CCNC(=NCCNC(=O)c1ccccc1O)NC1CCN(C2CCCCC2)CC1.I. The van der Waals surface area contributed by atoms with E-state index in [-0.39, 0.29) is 41.2 Å². The lowest BCUT2D eigenvalue weighted by Gasteiger charge is -2.39. The van der Waals surface area contributed by atoms with Crippen LogP contribution in [0.4, 0.5) is 0 Å². The Kier molecular flexibility index (Phi) is 11.4. The van der Waals surface area contributed by atoms with E-state index >= 15 is 0 Å². The molecule has 1 aliphatic carbocycles. The van der Waals surface area contributed by atoms with Crippen LogP contribution in [0.5, 0.6) is 5.75 Å². The lowest BCUT2D eigenvalue weighted by atomic mass is 9.92. The number of piperidine rings is 1. The molecule has 8 heteroatoms. The number of nitrogens with one attached hydrogen (secondary N) is 3. The Hall–Kier alpha value is -1.55. The molecule has 0 bridgehead atoms. The first-order valence-electron chi connectivity index (χ1n) is 11.5. The summed E-state index contributed by atoms with van der Waals surface area (Å²) in [6, 6.07) is 7.80. The van der Waals surface area contributed by atoms with E-state index in [4.69, 9.17) is 0 Å². The summed E-state index contributed by atoms with van der Waals surface area (Å²) in [5.41, 5.74) is 0.288. The van der Waals surface area contributed by atoms with Crippen molar-refractivity contribution in [2.24, 2.45) is 4.99 Å². The number of para-hydroxylation sites is 1. The molecular weight excluding hydrogens is 505 g/mol. The number of benzene rings is 1. The number of hydrogen-bond acceptors (Lipinski definition) is 4. The van der Waals surface area contributed by atoms with Crippen LogP contribution in [0.1, 0.15) is 62.2 Å². The highest BCUT2D eigenvalue weighted by atomic mass is 127. The number of aromatic hydroxyl groups is 1. The molecule has 0 spiro atoms. The number of carbonyl (C=O) groups excluding carboxylic acids is 1. The standard InChI is InChI=1S/C23H37N5O2.HI/c1-2-24-23(26-15-14-25-22(30)20-10-6-7-11-21(20)29)27-18-12-16-28(17-13-18)19-8-4-3-5-9-19;/h6-7,10-11,18-19,29H,2-5,8-9,12-17H2,1H3,(H,25,30)(H2,24,26,27);1H. The largest absolute Gasteiger partial charge is 0.507 e. The molecule has 0 aromatic heterocycles. The summed E-state index contributed by atoms with van der Waals surface area (Å²) in [5, 5.41) is 19.5. The Bertz CT molecular complexity index is 701. The molecular formula is C23H38IN5O2. The number of rotatable bonds is 7. The Morgan fingerprint density at radius 1 is 1.10 bits per heavy atom. The van der Waals surface area contributed by atoms with E-state index in [0.29, 0.717) is 19.1 Å². The Labute approximate surface area is 203 Å². The van der Waals surface area contributed by atoms with Crippen LogP contribution < -0.4 is 16.0 Å². The van der Waals surface area contributed by atoms with Gasteiger partial charge in [0.1, 0.15) is 5.75 Å². The summed E-state index contributed by atoms with van der Waals surface area (Å²) >= 11 is 0. The first kappa shape index (κ1) is 25.7. The summed E-state index contributed by atoms with van der Waals surface area (Å²) in [4.78, 5) is 19.5. The molecule has 3 rings (SSSR count). The summed E-state index contributed by atoms with van der Waals surface area (Å²) < 4.78 is 0. The smallest absolute Gasteiger partial charge is 0.255 e. The third-order valence-electron chi connectivity index (χ3n) is 6.12. The van der Waals surface area contributed by atoms with Crippen LogP contribution in [-0.4, -0.2) is 66.7 Å². The predicted octanol–water partition coefficient (Wildman–Crippen LogP) is 3.09. The van der Waals surface area contributed by atoms with E-state index in [1.165, 1.54) is 51.3 Å². The monoisotopic (exact) mass is 543 g/mol. The minimum absolute atomic E-state index is 0. The Morgan fingerprint density at radius 3 is 2.48 bits per heavy atom. The topological polar surface area (TPSA) is 89.0 Å².